The van der Waals surface area contributed by atoms with E-state index in [-0.39, 0.29) is 0 Å². The molecule has 8 heteroatoms. The van der Waals surface area contributed by atoms with Gasteiger partial charge in [0.25, 0.3) is 0 Å². The van der Waals surface area contributed by atoms with Crippen LogP contribution in [0.5, 0.6) is 5.88 Å². The second-order valence-electron chi connectivity index (χ2n) is 6.11. The first-order valence-electron chi connectivity index (χ1n) is 9.07. The van der Waals surface area contributed by atoms with E-state index in [1.807, 2.05) is 50.2 Å². The number of hydrogen-bond acceptors (Lipinski definition) is 5. The highest BCUT2D eigenvalue weighted by Crippen LogP contribution is 2.26. The quantitative estimate of drug-likeness (QED) is 0.276. The highest BCUT2D eigenvalue weighted by atomic mass is 79.9. The summed E-state index contributed by atoms with van der Waals surface area (Å²) in [5, 5.41) is 2.34. The average molecular weight is 539 g/mol. The molecule has 0 unspecified atom stereocenters. The van der Waals surface area contributed by atoms with Crippen LogP contribution < -0.4 is 4.74 Å². The lowest BCUT2D eigenvalue weighted by Crippen LogP contribution is -1.97. The number of aryl methyl sites for hydroxylation is 2. The molecule has 0 saturated carbocycles. The summed E-state index contributed by atoms with van der Waals surface area (Å²) in [4.78, 5) is 17.3. The molecule has 0 N–H and O–H groups in total. The van der Waals surface area contributed by atoms with Gasteiger partial charge in [-0.25, -0.2) is 15.0 Å². The molecule has 0 radical (unpaired) electrons. The topological polar surface area (TPSA) is 60.8 Å². The fourth-order valence-electron chi connectivity index (χ4n) is 2.70. The predicted molar refractivity (Wildman–Crippen MR) is 125 cm³/mol. The lowest BCUT2D eigenvalue weighted by atomic mass is 10.2. The van der Waals surface area contributed by atoms with Crippen molar-refractivity contribution < 1.29 is 4.74 Å². The number of rotatable bonds is 3. The number of aromatic nitrogens is 4. The fourth-order valence-corrected chi connectivity index (χ4v) is 3.67. The highest BCUT2D eigenvalue weighted by molar-refractivity contribution is 9.10. The minimum Gasteiger partial charge on any atom is -0.480 e. The Morgan fingerprint density at radius 2 is 1.31 bits per heavy atom. The van der Waals surface area contributed by atoms with Crippen LogP contribution in [0.1, 0.15) is 25.5 Å². The summed E-state index contributed by atoms with van der Waals surface area (Å²) in [5.74, 6) is 2.23. The number of benzene rings is 2. The third kappa shape index (κ3) is 5.21. The number of methoxy groups -OCH3 is 1. The van der Waals surface area contributed by atoms with Gasteiger partial charge in [-0.2, -0.15) is 4.98 Å². The minimum absolute atomic E-state index is 0.521. The molecule has 0 aliphatic carbocycles. The standard InChI is InChI=1S/C11H11BrN2O.C10H8BrClN2/c1-3-10-13-9-5-4-7(12)6-8(9)11(14-10)15-2;1-2-9-13-8-4-3-6(11)5-7(8)10(12)14-9/h4-6H,3H2,1-2H3;3-5H,2H2,1H3. The monoisotopic (exact) mass is 536 g/mol. The van der Waals surface area contributed by atoms with Crippen LogP contribution in [0.3, 0.4) is 0 Å². The maximum absolute atomic E-state index is 6.04. The van der Waals surface area contributed by atoms with Gasteiger partial charge in [-0.05, 0) is 36.4 Å². The van der Waals surface area contributed by atoms with Crippen LogP contribution in [0, 0.1) is 0 Å². The Balaban J connectivity index is 0.000000166. The maximum atomic E-state index is 6.04. The SMILES string of the molecule is CCc1nc(Cl)c2cc(Br)ccc2n1.CCc1nc(OC)c2cc(Br)ccc2n1. The zero-order valence-corrected chi connectivity index (χ0v) is 20.1. The van der Waals surface area contributed by atoms with Crippen molar-refractivity contribution in [1.29, 1.82) is 0 Å². The average Bonchev–Trinajstić information content (AvgIpc) is 2.73. The minimum atomic E-state index is 0.521. The zero-order chi connectivity index (χ0) is 21.0. The summed E-state index contributed by atoms with van der Waals surface area (Å²) < 4.78 is 7.24. The lowest BCUT2D eigenvalue weighted by molar-refractivity contribution is 0.401. The molecule has 29 heavy (non-hydrogen) atoms. The molecular weight excluding hydrogens is 520 g/mol. The van der Waals surface area contributed by atoms with Crippen LogP contribution in [-0.4, -0.2) is 27.0 Å². The normalized spacial score (nSPS) is 10.7. The summed E-state index contributed by atoms with van der Waals surface area (Å²) in [6.45, 7) is 4.04. The first kappa shape index (κ1) is 21.9. The van der Waals surface area contributed by atoms with Gasteiger partial charge in [0, 0.05) is 27.2 Å². The summed E-state index contributed by atoms with van der Waals surface area (Å²) >= 11 is 12.8. The molecule has 5 nitrogen and oxygen atoms in total. The number of nitrogens with zero attached hydrogens (tertiary/aromatic N) is 4. The molecule has 4 rings (SSSR count). The number of fused-ring (bicyclic) bond motifs is 2. The molecule has 2 aromatic heterocycles. The van der Waals surface area contributed by atoms with E-state index in [9.17, 15) is 0 Å². The molecule has 0 aliphatic heterocycles. The Morgan fingerprint density at radius 1 is 0.793 bits per heavy atom. The Kier molecular flexibility index (Phi) is 7.38. The summed E-state index contributed by atoms with van der Waals surface area (Å²) in [7, 11) is 1.63. The van der Waals surface area contributed by atoms with Gasteiger partial charge in [0.15, 0.2) is 0 Å². The van der Waals surface area contributed by atoms with E-state index < -0.39 is 0 Å². The van der Waals surface area contributed by atoms with Crippen LogP contribution in [0.2, 0.25) is 5.15 Å². The smallest absolute Gasteiger partial charge is 0.224 e. The van der Waals surface area contributed by atoms with E-state index in [0.717, 1.165) is 55.2 Å². The van der Waals surface area contributed by atoms with Crippen LogP contribution in [-0.2, 0) is 12.8 Å². The lowest BCUT2D eigenvalue weighted by Gasteiger charge is -2.06. The van der Waals surface area contributed by atoms with Gasteiger partial charge in [0.1, 0.15) is 16.8 Å². The van der Waals surface area contributed by atoms with Gasteiger partial charge in [0.05, 0.1) is 23.5 Å². The molecule has 0 atom stereocenters. The summed E-state index contributed by atoms with van der Waals surface area (Å²) in [5.41, 5.74) is 1.81. The van der Waals surface area contributed by atoms with Crippen LogP contribution >= 0.6 is 43.5 Å². The van der Waals surface area contributed by atoms with Crippen molar-refractivity contribution in [3.63, 3.8) is 0 Å². The first-order valence-corrected chi connectivity index (χ1v) is 11.0. The van der Waals surface area contributed by atoms with E-state index >= 15 is 0 Å². The molecule has 0 spiro atoms. The zero-order valence-electron chi connectivity index (χ0n) is 16.2. The molecular formula is C21H19Br2ClN4O. The van der Waals surface area contributed by atoms with Gasteiger partial charge >= 0.3 is 0 Å². The second kappa shape index (κ2) is 9.78. The number of halogens is 3. The van der Waals surface area contributed by atoms with Crippen LogP contribution in [0.15, 0.2) is 45.3 Å². The molecule has 0 saturated heterocycles. The molecule has 150 valence electrons. The Labute approximate surface area is 191 Å². The van der Waals surface area contributed by atoms with Crippen molar-refractivity contribution in [2.75, 3.05) is 7.11 Å². The van der Waals surface area contributed by atoms with Gasteiger partial charge < -0.3 is 4.74 Å². The van der Waals surface area contributed by atoms with Crippen LogP contribution in [0.25, 0.3) is 21.8 Å². The third-order valence-electron chi connectivity index (χ3n) is 4.15. The molecule has 0 bridgehead atoms. The van der Waals surface area contributed by atoms with E-state index in [4.69, 9.17) is 16.3 Å². The molecule has 0 amide bonds. The second-order valence-corrected chi connectivity index (χ2v) is 8.30. The largest absolute Gasteiger partial charge is 0.480 e. The highest BCUT2D eigenvalue weighted by Gasteiger charge is 2.07. The van der Waals surface area contributed by atoms with Crippen molar-refractivity contribution >= 4 is 65.3 Å². The van der Waals surface area contributed by atoms with E-state index in [1.54, 1.807) is 7.11 Å². The molecule has 0 fully saturated rings. The van der Waals surface area contributed by atoms with Crippen molar-refractivity contribution in [1.82, 2.24) is 19.9 Å². The fraction of sp³-hybridized carbons (Fsp3) is 0.238. The Morgan fingerprint density at radius 3 is 1.86 bits per heavy atom. The Hall–Kier alpha value is -1.83. The third-order valence-corrected chi connectivity index (χ3v) is 5.43. The first-order chi connectivity index (χ1) is 13.9. The molecule has 2 heterocycles. The summed E-state index contributed by atoms with van der Waals surface area (Å²) in [6.07, 6.45) is 1.61. The van der Waals surface area contributed by atoms with E-state index in [1.165, 1.54) is 0 Å². The maximum Gasteiger partial charge on any atom is 0.224 e. The van der Waals surface area contributed by atoms with Crippen molar-refractivity contribution in [2.45, 2.75) is 26.7 Å². The molecule has 4 aromatic rings. The van der Waals surface area contributed by atoms with Gasteiger partial charge in [-0.3, -0.25) is 0 Å². The summed E-state index contributed by atoms with van der Waals surface area (Å²) in [6, 6.07) is 11.7. The predicted octanol–water partition coefficient (Wildman–Crippen LogP) is 6.57. The van der Waals surface area contributed by atoms with Gasteiger partial charge in [-0.1, -0.05) is 57.3 Å². The van der Waals surface area contributed by atoms with Gasteiger partial charge in [0.2, 0.25) is 5.88 Å². The van der Waals surface area contributed by atoms with E-state index in [0.29, 0.717) is 11.0 Å². The Bertz CT molecular complexity index is 1170. The van der Waals surface area contributed by atoms with Crippen LogP contribution in [0.4, 0.5) is 0 Å². The molecule has 2 aromatic carbocycles. The van der Waals surface area contributed by atoms with E-state index in [2.05, 4.69) is 51.8 Å². The number of hydrogen-bond donors (Lipinski definition) is 0. The van der Waals surface area contributed by atoms with Gasteiger partial charge in [-0.15, -0.1) is 0 Å². The van der Waals surface area contributed by atoms with Crippen molar-refractivity contribution in [2.24, 2.45) is 0 Å². The molecule has 0 aliphatic rings. The number of ether oxygens (including phenoxy) is 1. The van der Waals surface area contributed by atoms with Crippen molar-refractivity contribution in [3.05, 3.63) is 62.1 Å². The van der Waals surface area contributed by atoms with Crippen molar-refractivity contribution in [3.8, 4) is 5.88 Å².